The maximum Gasteiger partial charge on any atom is 0.201 e. The van der Waals surface area contributed by atoms with E-state index in [1.807, 2.05) is 7.11 Å². The molecule has 1 saturated carbocycles. The first-order valence-corrected chi connectivity index (χ1v) is 9.29. The van der Waals surface area contributed by atoms with Crippen molar-refractivity contribution < 1.29 is 4.74 Å². The number of hydrogen-bond acceptors (Lipinski definition) is 1. The summed E-state index contributed by atoms with van der Waals surface area (Å²) in [7, 11) is 1.82. The summed E-state index contributed by atoms with van der Waals surface area (Å²) in [6.07, 6.45) is 4.84. The first-order chi connectivity index (χ1) is 12.4. The van der Waals surface area contributed by atoms with E-state index in [0.29, 0.717) is 11.8 Å². The molecular weight excluding hydrogens is 306 g/mol. The van der Waals surface area contributed by atoms with Crippen LogP contribution in [-0.4, -0.2) is 11.7 Å². The number of fused-ring (bicyclic) bond motifs is 1. The number of hydrogen-bond donors (Lipinski definition) is 0. The third-order valence-corrected chi connectivity index (χ3v) is 5.81. The molecule has 0 amide bonds. The van der Waals surface area contributed by atoms with Crippen molar-refractivity contribution in [3.05, 3.63) is 83.0 Å². The quantitative estimate of drug-likeness (QED) is 0.638. The molecule has 0 radical (unpaired) electrons. The Balaban J connectivity index is 1.65. The molecule has 0 unspecified atom stereocenters. The zero-order chi connectivity index (χ0) is 16.8. The zero-order valence-electron chi connectivity index (χ0n) is 14.6. The molecule has 0 bridgehead atoms. The molecule has 1 aromatic heterocycles. The summed E-state index contributed by atoms with van der Waals surface area (Å²) < 4.78 is 8.31. The van der Waals surface area contributed by atoms with Crippen molar-refractivity contribution in [3.8, 4) is 11.6 Å². The van der Waals surface area contributed by atoms with Crippen molar-refractivity contribution in [2.24, 2.45) is 0 Å². The molecule has 0 spiro atoms. The largest absolute Gasteiger partial charge is 0.482 e. The Labute approximate surface area is 149 Å². The summed E-state index contributed by atoms with van der Waals surface area (Å²) in [4.78, 5) is 0. The molecule has 3 aromatic rings. The van der Waals surface area contributed by atoms with E-state index in [9.17, 15) is 0 Å². The van der Waals surface area contributed by atoms with Crippen molar-refractivity contribution in [3.63, 3.8) is 0 Å². The molecule has 1 fully saturated rings. The minimum absolute atomic E-state index is 0.610. The second-order valence-corrected chi connectivity index (χ2v) is 7.24. The van der Waals surface area contributed by atoms with Crippen LogP contribution < -0.4 is 4.74 Å². The Morgan fingerprint density at radius 3 is 2.24 bits per heavy atom. The second kappa shape index (κ2) is 5.80. The van der Waals surface area contributed by atoms with Gasteiger partial charge in [-0.15, -0.1) is 0 Å². The van der Waals surface area contributed by atoms with Gasteiger partial charge in [0, 0.05) is 22.9 Å². The SMILES string of the molecule is COc1c2c(c([C@@H]3C[C@H]3c3ccccc3)n1-c1ccccc1)CCC2. The summed E-state index contributed by atoms with van der Waals surface area (Å²) in [5.74, 6) is 2.32. The van der Waals surface area contributed by atoms with E-state index in [4.69, 9.17) is 4.74 Å². The second-order valence-electron chi connectivity index (χ2n) is 7.24. The van der Waals surface area contributed by atoms with Crippen LogP contribution in [0.5, 0.6) is 5.88 Å². The fraction of sp³-hybridized carbons (Fsp3) is 0.304. The van der Waals surface area contributed by atoms with Crippen molar-refractivity contribution in [2.75, 3.05) is 7.11 Å². The molecule has 2 aromatic carbocycles. The summed E-state index contributed by atoms with van der Waals surface area (Å²) in [5, 5.41) is 0. The highest BCUT2D eigenvalue weighted by atomic mass is 16.5. The number of methoxy groups -OCH3 is 1. The Bertz CT molecular complexity index is 895. The lowest BCUT2D eigenvalue weighted by Gasteiger charge is -2.15. The van der Waals surface area contributed by atoms with Gasteiger partial charge < -0.3 is 4.74 Å². The van der Waals surface area contributed by atoms with E-state index in [-0.39, 0.29) is 0 Å². The predicted octanol–water partition coefficient (Wildman–Crippen LogP) is 5.25. The maximum absolute atomic E-state index is 5.91. The molecule has 25 heavy (non-hydrogen) atoms. The van der Waals surface area contributed by atoms with Gasteiger partial charge in [-0.05, 0) is 54.9 Å². The van der Waals surface area contributed by atoms with E-state index >= 15 is 0 Å². The van der Waals surface area contributed by atoms with Crippen molar-refractivity contribution in [2.45, 2.75) is 37.5 Å². The van der Waals surface area contributed by atoms with Crippen LogP contribution in [0.3, 0.4) is 0 Å². The van der Waals surface area contributed by atoms with Gasteiger partial charge in [0.05, 0.1) is 7.11 Å². The minimum Gasteiger partial charge on any atom is -0.482 e. The predicted molar refractivity (Wildman–Crippen MR) is 101 cm³/mol. The van der Waals surface area contributed by atoms with Crippen LogP contribution in [0, 0.1) is 0 Å². The van der Waals surface area contributed by atoms with E-state index < -0.39 is 0 Å². The molecule has 2 heteroatoms. The van der Waals surface area contributed by atoms with Crippen molar-refractivity contribution >= 4 is 0 Å². The number of ether oxygens (including phenoxy) is 1. The van der Waals surface area contributed by atoms with Gasteiger partial charge in [0.15, 0.2) is 0 Å². The summed E-state index contributed by atoms with van der Waals surface area (Å²) in [6, 6.07) is 21.7. The average Bonchev–Trinajstić information content (AvgIpc) is 3.19. The highest BCUT2D eigenvalue weighted by molar-refractivity contribution is 5.55. The molecule has 0 aliphatic heterocycles. The van der Waals surface area contributed by atoms with Gasteiger partial charge in [-0.1, -0.05) is 48.5 Å². The molecule has 2 aliphatic carbocycles. The van der Waals surface area contributed by atoms with E-state index in [1.54, 1.807) is 5.56 Å². The lowest BCUT2D eigenvalue weighted by molar-refractivity contribution is 0.383. The number of para-hydroxylation sites is 1. The fourth-order valence-corrected chi connectivity index (χ4v) is 4.65. The molecule has 5 rings (SSSR count). The van der Waals surface area contributed by atoms with Crippen molar-refractivity contribution in [1.29, 1.82) is 0 Å². The Morgan fingerprint density at radius 2 is 1.52 bits per heavy atom. The number of benzene rings is 2. The standard InChI is InChI=1S/C23H23NO/c1-25-23-19-14-8-13-18(19)22(24(23)17-11-6-3-7-12-17)21-15-20(21)16-9-4-2-5-10-16/h2-7,9-12,20-21H,8,13-15H2,1H3/t20-,21+/m0/s1. The van der Waals surface area contributed by atoms with Gasteiger partial charge in [-0.2, -0.15) is 0 Å². The van der Waals surface area contributed by atoms with Gasteiger partial charge in [0.25, 0.3) is 0 Å². The van der Waals surface area contributed by atoms with Crippen molar-refractivity contribution in [1.82, 2.24) is 4.57 Å². The van der Waals surface area contributed by atoms with Crippen LogP contribution in [0.2, 0.25) is 0 Å². The highest BCUT2D eigenvalue weighted by Gasteiger charge is 2.45. The molecule has 1 heterocycles. The normalized spacial score (nSPS) is 21.2. The van der Waals surface area contributed by atoms with Crippen LogP contribution in [0.25, 0.3) is 5.69 Å². The van der Waals surface area contributed by atoms with Gasteiger partial charge in [-0.25, -0.2) is 0 Å². The van der Waals surface area contributed by atoms with Gasteiger partial charge >= 0.3 is 0 Å². The summed E-state index contributed by atoms with van der Waals surface area (Å²) in [6.45, 7) is 0. The lowest BCUT2D eigenvalue weighted by Crippen LogP contribution is -2.04. The molecule has 0 N–H and O–H groups in total. The third-order valence-electron chi connectivity index (χ3n) is 5.81. The Kier molecular flexibility index (Phi) is 3.44. The van der Waals surface area contributed by atoms with Crippen LogP contribution >= 0.6 is 0 Å². The molecule has 2 nitrogen and oxygen atoms in total. The number of nitrogens with zero attached hydrogens (tertiary/aromatic N) is 1. The van der Waals surface area contributed by atoms with E-state index in [2.05, 4.69) is 65.2 Å². The smallest absolute Gasteiger partial charge is 0.201 e. The van der Waals surface area contributed by atoms with Crippen LogP contribution in [0.4, 0.5) is 0 Å². The van der Waals surface area contributed by atoms with Crippen LogP contribution in [0.1, 0.15) is 47.1 Å². The summed E-state index contributed by atoms with van der Waals surface area (Å²) >= 11 is 0. The molecular formula is C23H23NO. The van der Waals surface area contributed by atoms with Gasteiger partial charge in [0.1, 0.15) is 0 Å². The monoisotopic (exact) mass is 329 g/mol. The van der Waals surface area contributed by atoms with E-state index in [1.165, 1.54) is 41.8 Å². The van der Waals surface area contributed by atoms with Gasteiger partial charge in [-0.3, -0.25) is 4.57 Å². The third kappa shape index (κ3) is 2.31. The molecule has 0 saturated heterocycles. The van der Waals surface area contributed by atoms with E-state index in [0.717, 1.165) is 12.3 Å². The van der Waals surface area contributed by atoms with Crippen LogP contribution in [-0.2, 0) is 12.8 Å². The average molecular weight is 329 g/mol. The minimum atomic E-state index is 0.610. The zero-order valence-corrected chi connectivity index (χ0v) is 14.6. The van der Waals surface area contributed by atoms with Gasteiger partial charge in [0.2, 0.25) is 5.88 Å². The van der Waals surface area contributed by atoms with Crippen LogP contribution in [0.15, 0.2) is 60.7 Å². The molecule has 2 aliphatic rings. The molecule has 126 valence electrons. The number of aromatic nitrogens is 1. The highest BCUT2D eigenvalue weighted by Crippen LogP contribution is 2.58. The Hall–Kier alpha value is -2.48. The topological polar surface area (TPSA) is 14.2 Å². The number of rotatable bonds is 4. The first kappa shape index (κ1) is 14.8. The maximum atomic E-state index is 5.91. The lowest BCUT2D eigenvalue weighted by atomic mass is 10.0. The first-order valence-electron chi connectivity index (χ1n) is 9.29. The molecule has 2 atom stereocenters. The summed E-state index contributed by atoms with van der Waals surface area (Å²) in [5.41, 5.74) is 7.20. The Morgan fingerprint density at radius 1 is 0.840 bits per heavy atom. The fourth-order valence-electron chi connectivity index (χ4n) is 4.65.